The Morgan fingerprint density at radius 2 is 2.11 bits per heavy atom. The summed E-state index contributed by atoms with van der Waals surface area (Å²) in [7, 11) is 0. The number of aliphatic hydroxyl groups excluding tert-OH is 1. The molecule has 0 aliphatic carbocycles. The Bertz CT molecular complexity index is 99.1. The molecule has 2 nitrogen and oxygen atoms in total. The number of carbonyl (C=O) groups excluding carboxylic acids is 1. The molecule has 0 aromatic rings. The van der Waals surface area contributed by atoms with Crippen LogP contribution in [0.25, 0.3) is 0 Å². The number of hydrogen-bond donors (Lipinski definition) is 1. The smallest absolute Gasteiger partial charge is 0.135 e. The van der Waals surface area contributed by atoms with Crippen LogP contribution in [0.3, 0.4) is 0 Å². The molecule has 2 atom stereocenters. The van der Waals surface area contributed by atoms with Gasteiger partial charge in [0.05, 0.1) is 6.10 Å². The first-order valence-electron chi connectivity index (χ1n) is 3.28. The fourth-order valence-corrected chi connectivity index (χ4v) is 0.624. The van der Waals surface area contributed by atoms with Crippen molar-refractivity contribution in [1.82, 2.24) is 0 Å². The molecular weight excluding hydrogens is 116 g/mol. The summed E-state index contributed by atoms with van der Waals surface area (Å²) in [6.45, 7) is 5.12. The van der Waals surface area contributed by atoms with Crippen molar-refractivity contribution < 1.29 is 9.90 Å². The second-order valence-electron chi connectivity index (χ2n) is 2.37. The van der Waals surface area contributed by atoms with Crippen molar-refractivity contribution in [3.8, 4) is 0 Å². The lowest BCUT2D eigenvalue weighted by molar-refractivity contribution is -0.123. The standard InChI is InChI=1S/C7H14O2/c1-4-7(9)5(2)6(3)8/h5,7,9H,4H2,1-3H3/t5-,7+/m0/s1. The summed E-state index contributed by atoms with van der Waals surface area (Å²) in [5.74, 6) is -0.139. The zero-order valence-corrected chi connectivity index (χ0v) is 6.22. The van der Waals surface area contributed by atoms with Crippen LogP contribution in [-0.2, 0) is 4.79 Å². The van der Waals surface area contributed by atoms with Gasteiger partial charge >= 0.3 is 0 Å². The van der Waals surface area contributed by atoms with Gasteiger partial charge in [-0.05, 0) is 13.3 Å². The lowest BCUT2D eigenvalue weighted by Crippen LogP contribution is -2.22. The van der Waals surface area contributed by atoms with Crippen LogP contribution in [0.1, 0.15) is 27.2 Å². The van der Waals surface area contributed by atoms with Crippen molar-refractivity contribution in [3.05, 3.63) is 0 Å². The average molecular weight is 130 g/mol. The number of aliphatic hydroxyl groups is 1. The average Bonchev–Trinajstić information content (AvgIpc) is 1.84. The maximum Gasteiger partial charge on any atom is 0.135 e. The number of Topliss-reactive ketones (excluding diaryl/α,β-unsaturated/α-hetero) is 1. The maximum absolute atomic E-state index is 10.6. The molecule has 0 unspecified atom stereocenters. The van der Waals surface area contributed by atoms with E-state index in [1.807, 2.05) is 6.92 Å². The minimum absolute atomic E-state index is 0.0596. The van der Waals surface area contributed by atoms with Gasteiger partial charge in [0.1, 0.15) is 5.78 Å². The van der Waals surface area contributed by atoms with Crippen molar-refractivity contribution in [2.24, 2.45) is 5.92 Å². The highest BCUT2D eigenvalue weighted by molar-refractivity contribution is 5.78. The lowest BCUT2D eigenvalue weighted by atomic mass is 9.99. The van der Waals surface area contributed by atoms with E-state index in [4.69, 9.17) is 5.11 Å². The van der Waals surface area contributed by atoms with Gasteiger partial charge < -0.3 is 5.11 Å². The molecule has 0 aromatic heterocycles. The Hall–Kier alpha value is -0.370. The predicted octanol–water partition coefficient (Wildman–Crippen LogP) is 0.982. The maximum atomic E-state index is 10.6. The molecule has 0 spiro atoms. The largest absolute Gasteiger partial charge is 0.392 e. The molecule has 1 N–H and O–H groups in total. The highest BCUT2D eigenvalue weighted by Gasteiger charge is 2.15. The Labute approximate surface area is 55.9 Å². The second-order valence-corrected chi connectivity index (χ2v) is 2.37. The summed E-state index contributed by atoms with van der Waals surface area (Å²) in [4.78, 5) is 10.6. The van der Waals surface area contributed by atoms with Gasteiger partial charge in [-0.15, -0.1) is 0 Å². The SMILES string of the molecule is CC[C@@H](O)[C@@H](C)C(C)=O. The van der Waals surface area contributed by atoms with Crippen LogP contribution in [0.15, 0.2) is 0 Å². The van der Waals surface area contributed by atoms with E-state index in [9.17, 15) is 4.79 Å². The van der Waals surface area contributed by atoms with Crippen molar-refractivity contribution in [2.45, 2.75) is 33.3 Å². The zero-order chi connectivity index (χ0) is 7.44. The first-order chi connectivity index (χ1) is 4.09. The van der Waals surface area contributed by atoms with Crippen molar-refractivity contribution in [3.63, 3.8) is 0 Å². The van der Waals surface area contributed by atoms with Gasteiger partial charge in [-0.3, -0.25) is 4.79 Å². The minimum Gasteiger partial charge on any atom is -0.392 e. The number of hydrogen-bond acceptors (Lipinski definition) is 2. The Balaban J connectivity index is 3.72. The highest BCUT2D eigenvalue weighted by atomic mass is 16.3. The number of ketones is 1. The fourth-order valence-electron chi connectivity index (χ4n) is 0.624. The summed E-state index contributed by atoms with van der Waals surface area (Å²) >= 11 is 0. The van der Waals surface area contributed by atoms with Gasteiger partial charge in [-0.25, -0.2) is 0 Å². The highest BCUT2D eigenvalue weighted by Crippen LogP contribution is 2.06. The monoisotopic (exact) mass is 130 g/mol. The van der Waals surface area contributed by atoms with Gasteiger partial charge in [0, 0.05) is 5.92 Å². The molecule has 0 aromatic carbocycles. The lowest BCUT2D eigenvalue weighted by Gasteiger charge is -2.12. The molecule has 54 valence electrons. The van der Waals surface area contributed by atoms with Crippen LogP contribution in [0.5, 0.6) is 0 Å². The van der Waals surface area contributed by atoms with E-state index in [-0.39, 0.29) is 11.7 Å². The summed E-state index contributed by atoms with van der Waals surface area (Å²) in [5.41, 5.74) is 0. The van der Waals surface area contributed by atoms with Crippen LogP contribution >= 0.6 is 0 Å². The van der Waals surface area contributed by atoms with Crippen LogP contribution in [0, 0.1) is 5.92 Å². The Morgan fingerprint density at radius 1 is 1.67 bits per heavy atom. The molecule has 0 heterocycles. The van der Waals surface area contributed by atoms with Crippen LogP contribution in [0.2, 0.25) is 0 Å². The first-order valence-corrected chi connectivity index (χ1v) is 3.28. The van der Waals surface area contributed by atoms with E-state index in [0.717, 1.165) is 0 Å². The molecule has 0 bridgehead atoms. The van der Waals surface area contributed by atoms with E-state index < -0.39 is 6.10 Å². The van der Waals surface area contributed by atoms with Gasteiger partial charge in [-0.1, -0.05) is 13.8 Å². The van der Waals surface area contributed by atoms with Gasteiger partial charge in [-0.2, -0.15) is 0 Å². The minimum atomic E-state index is -0.456. The Kier molecular flexibility index (Phi) is 3.47. The molecule has 0 amide bonds. The first kappa shape index (κ1) is 8.63. The summed E-state index contributed by atoms with van der Waals surface area (Å²) in [6, 6.07) is 0. The van der Waals surface area contributed by atoms with E-state index in [1.165, 1.54) is 6.92 Å². The molecular formula is C7H14O2. The molecule has 0 fully saturated rings. The number of rotatable bonds is 3. The third-order valence-electron chi connectivity index (χ3n) is 1.64. The predicted molar refractivity (Wildman–Crippen MR) is 36.1 cm³/mol. The second kappa shape index (κ2) is 3.62. The van der Waals surface area contributed by atoms with Gasteiger partial charge in [0.25, 0.3) is 0 Å². The van der Waals surface area contributed by atoms with E-state index in [2.05, 4.69) is 0 Å². The third-order valence-corrected chi connectivity index (χ3v) is 1.64. The summed E-state index contributed by atoms with van der Waals surface area (Å²) in [5, 5.41) is 9.08. The van der Waals surface area contributed by atoms with E-state index >= 15 is 0 Å². The fraction of sp³-hybridized carbons (Fsp3) is 0.857. The Morgan fingerprint density at radius 3 is 2.22 bits per heavy atom. The molecule has 0 aliphatic heterocycles. The third kappa shape index (κ3) is 2.61. The zero-order valence-electron chi connectivity index (χ0n) is 6.22. The summed E-state index contributed by atoms with van der Waals surface area (Å²) in [6.07, 6.45) is 0.197. The van der Waals surface area contributed by atoms with E-state index in [0.29, 0.717) is 6.42 Å². The number of carbonyl (C=O) groups is 1. The molecule has 0 saturated carbocycles. The van der Waals surface area contributed by atoms with Crippen LogP contribution in [-0.4, -0.2) is 17.0 Å². The molecule has 2 heteroatoms. The molecule has 0 rings (SSSR count). The van der Waals surface area contributed by atoms with Crippen molar-refractivity contribution >= 4 is 5.78 Å². The van der Waals surface area contributed by atoms with Crippen molar-refractivity contribution in [1.29, 1.82) is 0 Å². The quantitative estimate of drug-likeness (QED) is 0.618. The summed E-state index contributed by atoms with van der Waals surface area (Å²) < 4.78 is 0. The van der Waals surface area contributed by atoms with Crippen LogP contribution in [0.4, 0.5) is 0 Å². The van der Waals surface area contributed by atoms with Gasteiger partial charge in [0.2, 0.25) is 0 Å². The topological polar surface area (TPSA) is 37.3 Å². The molecule has 0 saturated heterocycles. The molecule has 0 radical (unpaired) electrons. The molecule has 9 heavy (non-hydrogen) atoms. The van der Waals surface area contributed by atoms with Crippen LogP contribution < -0.4 is 0 Å². The van der Waals surface area contributed by atoms with E-state index in [1.54, 1.807) is 6.92 Å². The normalized spacial score (nSPS) is 16.9. The van der Waals surface area contributed by atoms with Gasteiger partial charge in [0.15, 0.2) is 0 Å². The molecule has 0 aliphatic rings. The van der Waals surface area contributed by atoms with Crippen molar-refractivity contribution in [2.75, 3.05) is 0 Å².